The Hall–Kier alpha value is -3.23. The van der Waals surface area contributed by atoms with E-state index in [0.717, 1.165) is 32.1 Å². The van der Waals surface area contributed by atoms with Gasteiger partial charge in [-0.2, -0.15) is 0 Å². The summed E-state index contributed by atoms with van der Waals surface area (Å²) in [6.45, 7) is 2.26. The van der Waals surface area contributed by atoms with Gasteiger partial charge in [0.05, 0.1) is 18.7 Å². The Balaban J connectivity index is 1.39. The summed E-state index contributed by atoms with van der Waals surface area (Å²) in [4.78, 5) is 61.6. The van der Waals surface area contributed by atoms with Gasteiger partial charge in [0.1, 0.15) is 23.1 Å². The van der Waals surface area contributed by atoms with Crippen LogP contribution < -0.4 is 10.1 Å². The third-order valence-corrected chi connectivity index (χ3v) is 8.32. The summed E-state index contributed by atoms with van der Waals surface area (Å²) in [6, 6.07) is 4.07. The van der Waals surface area contributed by atoms with Crippen molar-refractivity contribution in [1.29, 1.82) is 0 Å². The maximum absolute atomic E-state index is 13.7. The summed E-state index contributed by atoms with van der Waals surface area (Å²) >= 11 is 0. The van der Waals surface area contributed by atoms with Crippen molar-refractivity contribution < 1.29 is 23.9 Å². The van der Waals surface area contributed by atoms with Crippen molar-refractivity contribution in [3.8, 4) is 5.75 Å². The van der Waals surface area contributed by atoms with E-state index in [4.69, 9.17) is 4.74 Å². The van der Waals surface area contributed by atoms with Gasteiger partial charge in [-0.3, -0.25) is 19.2 Å². The fourth-order valence-corrected chi connectivity index (χ4v) is 6.45. The van der Waals surface area contributed by atoms with E-state index in [1.165, 1.54) is 0 Å². The van der Waals surface area contributed by atoms with Crippen LogP contribution in [0, 0.1) is 17.8 Å². The molecule has 2 aliphatic carbocycles. The monoisotopic (exact) mass is 494 g/mol. The van der Waals surface area contributed by atoms with Crippen molar-refractivity contribution in [2.24, 2.45) is 17.8 Å². The number of H-pyrrole nitrogens is 1. The van der Waals surface area contributed by atoms with Gasteiger partial charge in [0.25, 0.3) is 5.91 Å². The van der Waals surface area contributed by atoms with Crippen LogP contribution in [0.2, 0.25) is 0 Å². The minimum Gasteiger partial charge on any atom is -0.494 e. The van der Waals surface area contributed by atoms with Crippen LogP contribution >= 0.6 is 0 Å². The smallest absolute Gasteiger partial charge is 0.290 e. The number of rotatable bonds is 8. The molecular formula is C27H34N4O5. The molecule has 5 atom stereocenters. The summed E-state index contributed by atoms with van der Waals surface area (Å²) in [7, 11) is 1.56. The molecule has 9 nitrogen and oxygen atoms in total. The molecule has 36 heavy (non-hydrogen) atoms. The number of para-hydroxylation sites is 1. The third-order valence-electron chi connectivity index (χ3n) is 8.32. The van der Waals surface area contributed by atoms with Crippen LogP contribution in [0.15, 0.2) is 18.2 Å². The summed E-state index contributed by atoms with van der Waals surface area (Å²) in [5, 5.41) is 2.97. The molecule has 5 rings (SSSR count). The molecule has 1 aliphatic heterocycles. The predicted molar refractivity (Wildman–Crippen MR) is 132 cm³/mol. The van der Waals surface area contributed by atoms with Gasteiger partial charge < -0.3 is 19.9 Å². The number of ketones is 2. The number of fused-ring (bicyclic) bond motifs is 2. The first kappa shape index (κ1) is 24.5. The minimum atomic E-state index is -0.706. The predicted octanol–water partition coefficient (Wildman–Crippen LogP) is 3.04. The lowest BCUT2D eigenvalue weighted by Crippen LogP contribution is -2.53. The number of nitrogens with zero attached hydrogens (tertiary/aromatic N) is 2. The third kappa shape index (κ3) is 4.40. The second-order valence-corrected chi connectivity index (χ2v) is 10.4. The van der Waals surface area contributed by atoms with Crippen LogP contribution in [0.1, 0.15) is 68.9 Å². The van der Waals surface area contributed by atoms with Gasteiger partial charge in [0.2, 0.25) is 5.91 Å². The molecule has 5 unspecified atom stereocenters. The standard InChI is InChI=1S/C27H34N4O5/c1-3-20(32)19(13-15-7-5-11-21(15)33)29-26(34)24-17-9-4-8-16(17)14-31(24)27(35)25-28-18-10-6-12-22(36-2)23(18)30-25/h6,10,12,15-17,19,24H,3-5,7-9,11,13-14H2,1-2H3,(H,28,30)(H,29,34). The molecule has 0 spiro atoms. The highest BCUT2D eigenvalue weighted by Crippen LogP contribution is 2.43. The van der Waals surface area contributed by atoms with Gasteiger partial charge in [0.15, 0.2) is 11.6 Å². The van der Waals surface area contributed by atoms with Gasteiger partial charge in [0, 0.05) is 25.3 Å². The van der Waals surface area contributed by atoms with Gasteiger partial charge in [-0.15, -0.1) is 0 Å². The lowest BCUT2D eigenvalue weighted by molar-refractivity contribution is -0.131. The van der Waals surface area contributed by atoms with Crippen LogP contribution in [-0.2, 0) is 14.4 Å². The molecule has 2 heterocycles. The Morgan fingerprint density at radius 2 is 2.06 bits per heavy atom. The highest BCUT2D eigenvalue weighted by molar-refractivity contribution is 5.99. The molecule has 2 aromatic rings. The van der Waals surface area contributed by atoms with E-state index in [2.05, 4.69) is 15.3 Å². The molecule has 1 aromatic carbocycles. The summed E-state index contributed by atoms with van der Waals surface area (Å²) in [5.41, 5.74) is 1.26. The summed E-state index contributed by atoms with van der Waals surface area (Å²) in [5.74, 6) is 0.326. The number of carbonyl (C=O) groups is 4. The van der Waals surface area contributed by atoms with E-state index in [-0.39, 0.29) is 53.4 Å². The maximum atomic E-state index is 13.7. The molecule has 3 fully saturated rings. The van der Waals surface area contributed by atoms with Crippen molar-refractivity contribution >= 4 is 34.4 Å². The number of methoxy groups -OCH3 is 1. The number of carbonyl (C=O) groups excluding carboxylic acids is 4. The summed E-state index contributed by atoms with van der Waals surface area (Å²) < 4.78 is 5.38. The number of likely N-dealkylation sites (tertiary alicyclic amines) is 1. The molecule has 1 aromatic heterocycles. The van der Waals surface area contributed by atoms with E-state index in [1.807, 2.05) is 12.1 Å². The first-order chi connectivity index (χ1) is 17.4. The van der Waals surface area contributed by atoms with Crippen LogP contribution in [0.3, 0.4) is 0 Å². The molecule has 2 N–H and O–H groups in total. The minimum absolute atomic E-state index is 0.0540. The van der Waals surface area contributed by atoms with Crippen LogP contribution in [0.4, 0.5) is 0 Å². The number of nitrogens with one attached hydrogen (secondary N) is 2. The Morgan fingerprint density at radius 3 is 2.78 bits per heavy atom. The van der Waals surface area contributed by atoms with E-state index in [9.17, 15) is 19.2 Å². The van der Waals surface area contributed by atoms with Crippen molar-refractivity contribution in [3.05, 3.63) is 24.0 Å². The van der Waals surface area contributed by atoms with Crippen molar-refractivity contribution in [3.63, 3.8) is 0 Å². The molecular weight excluding hydrogens is 460 g/mol. The van der Waals surface area contributed by atoms with Crippen molar-refractivity contribution in [2.45, 2.75) is 70.4 Å². The molecule has 0 radical (unpaired) electrons. The largest absolute Gasteiger partial charge is 0.494 e. The average Bonchev–Trinajstić information content (AvgIpc) is 3.66. The van der Waals surface area contributed by atoms with E-state index >= 15 is 0 Å². The molecule has 3 aliphatic rings. The van der Waals surface area contributed by atoms with Gasteiger partial charge >= 0.3 is 0 Å². The Labute approximate surface area is 210 Å². The number of aromatic nitrogens is 2. The lowest BCUT2D eigenvalue weighted by atomic mass is 9.91. The van der Waals surface area contributed by atoms with Crippen LogP contribution in [0.5, 0.6) is 5.75 Å². The number of imidazole rings is 1. The zero-order valence-corrected chi connectivity index (χ0v) is 20.9. The molecule has 192 valence electrons. The normalized spacial score (nSPS) is 26.3. The summed E-state index contributed by atoms with van der Waals surface area (Å²) in [6.07, 6.45) is 5.63. The Morgan fingerprint density at radius 1 is 1.22 bits per heavy atom. The molecule has 0 bridgehead atoms. The molecule has 1 saturated heterocycles. The van der Waals surface area contributed by atoms with Gasteiger partial charge in [-0.05, 0) is 56.1 Å². The molecule has 9 heteroatoms. The zero-order chi connectivity index (χ0) is 25.4. The van der Waals surface area contributed by atoms with Crippen LogP contribution in [-0.4, -0.2) is 64.0 Å². The van der Waals surface area contributed by atoms with Gasteiger partial charge in [-0.1, -0.05) is 19.4 Å². The Bertz CT molecular complexity index is 1190. The van der Waals surface area contributed by atoms with E-state index < -0.39 is 12.1 Å². The van der Waals surface area contributed by atoms with E-state index in [0.29, 0.717) is 36.2 Å². The SMILES string of the molecule is CCC(=O)C(CC1CCCC1=O)NC(=O)C1C2CCCC2CN1C(=O)c1nc2c(OC)cccc2[nH]1. The molecule has 2 amide bonds. The van der Waals surface area contributed by atoms with E-state index in [1.54, 1.807) is 25.0 Å². The maximum Gasteiger partial charge on any atom is 0.290 e. The highest BCUT2D eigenvalue weighted by Gasteiger charge is 2.50. The van der Waals surface area contributed by atoms with Gasteiger partial charge in [-0.25, -0.2) is 4.98 Å². The number of amides is 2. The zero-order valence-electron chi connectivity index (χ0n) is 20.9. The van der Waals surface area contributed by atoms with Crippen molar-refractivity contribution in [2.75, 3.05) is 13.7 Å². The second-order valence-electron chi connectivity index (χ2n) is 10.4. The number of aromatic amines is 1. The first-order valence-corrected chi connectivity index (χ1v) is 13.1. The number of Topliss-reactive ketones (excluding diaryl/α,β-unsaturated/α-hetero) is 2. The number of hydrogen-bond acceptors (Lipinski definition) is 6. The highest BCUT2D eigenvalue weighted by atomic mass is 16.5. The lowest BCUT2D eigenvalue weighted by Gasteiger charge is -2.29. The topological polar surface area (TPSA) is 121 Å². The van der Waals surface area contributed by atoms with Crippen LogP contribution in [0.25, 0.3) is 11.0 Å². The number of hydrogen-bond donors (Lipinski definition) is 2. The Kier molecular flexibility index (Phi) is 6.81. The second kappa shape index (κ2) is 10.0. The molecule has 2 saturated carbocycles. The number of ether oxygens (including phenoxy) is 1. The average molecular weight is 495 g/mol. The fourth-order valence-electron chi connectivity index (χ4n) is 6.45. The first-order valence-electron chi connectivity index (χ1n) is 13.1. The van der Waals surface area contributed by atoms with Crippen molar-refractivity contribution in [1.82, 2.24) is 20.2 Å². The quantitative estimate of drug-likeness (QED) is 0.582. The number of benzene rings is 1. The fraction of sp³-hybridized carbons (Fsp3) is 0.593.